The normalized spacial score (nSPS) is 24.1. The van der Waals surface area contributed by atoms with Gasteiger partial charge in [-0.2, -0.15) is 0 Å². The molecule has 1 rings (SSSR count). The highest BCUT2D eigenvalue weighted by molar-refractivity contribution is 5.78. The Morgan fingerprint density at radius 1 is 1.62 bits per heavy atom. The fraction of sp³-hybridized carbons (Fsp3) is 0.917. The van der Waals surface area contributed by atoms with Crippen LogP contribution in [0.5, 0.6) is 0 Å². The molecule has 1 aliphatic heterocycles. The molecule has 16 heavy (non-hydrogen) atoms. The Labute approximate surface area is 98.8 Å². The van der Waals surface area contributed by atoms with Crippen LogP contribution in [0.3, 0.4) is 0 Å². The average Bonchev–Trinajstić information content (AvgIpc) is 2.21. The first-order valence-corrected chi connectivity index (χ1v) is 6.37. The second-order valence-corrected chi connectivity index (χ2v) is 4.78. The largest absolute Gasteiger partial charge is 0.353 e. The number of rotatable bonds is 5. The third-order valence-corrected chi connectivity index (χ3v) is 3.11. The first-order chi connectivity index (χ1) is 7.63. The molecule has 4 heteroatoms. The SMILES string of the molecule is CCCC(C)NC(=O)CN1CCNCC1C. The highest BCUT2D eigenvalue weighted by atomic mass is 16.2. The van der Waals surface area contributed by atoms with E-state index in [0.29, 0.717) is 18.6 Å². The van der Waals surface area contributed by atoms with Crippen LogP contribution in [0.15, 0.2) is 0 Å². The summed E-state index contributed by atoms with van der Waals surface area (Å²) < 4.78 is 0. The molecule has 2 atom stereocenters. The molecule has 0 aliphatic carbocycles. The fourth-order valence-corrected chi connectivity index (χ4v) is 2.13. The first kappa shape index (κ1) is 13.5. The molecule has 2 N–H and O–H groups in total. The Morgan fingerprint density at radius 2 is 2.38 bits per heavy atom. The maximum absolute atomic E-state index is 11.8. The number of piperazine rings is 1. The molecule has 0 bridgehead atoms. The predicted molar refractivity (Wildman–Crippen MR) is 66.4 cm³/mol. The molecule has 1 amide bonds. The van der Waals surface area contributed by atoms with Gasteiger partial charge in [-0.05, 0) is 20.3 Å². The first-order valence-electron chi connectivity index (χ1n) is 6.37. The Morgan fingerprint density at radius 3 is 3.00 bits per heavy atom. The lowest BCUT2D eigenvalue weighted by Crippen LogP contribution is -2.53. The minimum absolute atomic E-state index is 0.162. The highest BCUT2D eigenvalue weighted by Crippen LogP contribution is 2.02. The van der Waals surface area contributed by atoms with E-state index in [1.54, 1.807) is 0 Å². The van der Waals surface area contributed by atoms with Crippen LogP contribution >= 0.6 is 0 Å². The molecule has 0 aromatic heterocycles. The van der Waals surface area contributed by atoms with E-state index in [1.165, 1.54) is 0 Å². The molecule has 0 radical (unpaired) electrons. The van der Waals surface area contributed by atoms with E-state index in [2.05, 4.69) is 36.3 Å². The van der Waals surface area contributed by atoms with Crippen LogP contribution in [-0.2, 0) is 4.79 Å². The van der Waals surface area contributed by atoms with E-state index < -0.39 is 0 Å². The molecule has 1 heterocycles. The van der Waals surface area contributed by atoms with Crippen molar-refractivity contribution in [2.45, 2.75) is 45.7 Å². The van der Waals surface area contributed by atoms with Gasteiger partial charge in [0.25, 0.3) is 0 Å². The van der Waals surface area contributed by atoms with Crippen molar-refractivity contribution >= 4 is 5.91 Å². The topological polar surface area (TPSA) is 44.4 Å². The number of amides is 1. The molecular weight excluding hydrogens is 202 g/mol. The van der Waals surface area contributed by atoms with Crippen molar-refractivity contribution in [2.75, 3.05) is 26.2 Å². The van der Waals surface area contributed by atoms with Crippen molar-refractivity contribution in [3.8, 4) is 0 Å². The molecule has 4 nitrogen and oxygen atoms in total. The molecule has 1 fully saturated rings. The summed E-state index contributed by atoms with van der Waals surface area (Å²) >= 11 is 0. The summed E-state index contributed by atoms with van der Waals surface area (Å²) in [6.07, 6.45) is 2.17. The number of hydrogen-bond acceptors (Lipinski definition) is 3. The monoisotopic (exact) mass is 227 g/mol. The predicted octanol–water partition coefficient (Wildman–Crippen LogP) is 0.585. The van der Waals surface area contributed by atoms with Gasteiger partial charge in [-0.25, -0.2) is 0 Å². The summed E-state index contributed by atoms with van der Waals surface area (Å²) in [6, 6.07) is 0.761. The van der Waals surface area contributed by atoms with Gasteiger partial charge in [0.2, 0.25) is 5.91 Å². The van der Waals surface area contributed by atoms with Gasteiger partial charge in [-0.15, -0.1) is 0 Å². The zero-order valence-corrected chi connectivity index (χ0v) is 10.8. The van der Waals surface area contributed by atoms with Gasteiger partial charge in [-0.3, -0.25) is 9.69 Å². The Hall–Kier alpha value is -0.610. The number of carbonyl (C=O) groups excluding carboxylic acids is 1. The van der Waals surface area contributed by atoms with Gasteiger partial charge >= 0.3 is 0 Å². The van der Waals surface area contributed by atoms with Crippen LogP contribution in [0, 0.1) is 0 Å². The van der Waals surface area contributed by atoms with Crippen molar-refractivity contribution in [3.63, 3.8) is 0 Å². The molecule has 94 valence electrons. The van der Waals surface area contributed by atoms with Crippen molar-refractivity contribution in [3.05, 3.63) is 0 Å². The van der Waals surface area contributed by atoms with E-state index in [1.807, 2.05) is 0 Å². The van der Waals surface area contributed by atoms with Gasteiger partial charge in [0.1, 0.15) is 0 Å². The third-order valence-electron chi connectivity index (χ3n) is 3.11. The molecule has 0 saturated carbocycles. The van der Waals surface area contributed by atoms with Gasteiger partial charge in [0.15, 0.2) is 0 Å². The molecule has 1 aliphatic rings. The smallest absolute Gasteiger partial charge is 0.234 e. The van der Waals surface area contributed by atoms with Crippen LogP contribution < -0.4 is 10.6 Å². The quantitative estimate of drug-likeness (QED) is 0.722. The standard InChI is InChI=1S/C12H25N3O/c1-4-5-10(2)14-12(16)9-15-7-6-13-8-11(15)3/h10-11,13H,4-9H2,1-3H3,(H,14,16). The van der Waals surface area contributed by atoms with Crippen molar-refractivity contribution in [2.24, 2.45) is 0 Å². The van der Waals surface area contributed by atoms with Crippen LogP contribution in [0.1, 0.15) is 33.6 Å². The molecule has 2 unspecified atom stereocenters. The zero-order chi connectivity index (χ0) is 12.0. The van der Waals surface area contributed by atoms with Crippen LogP contribution in [0.25, 0.3) is 0 Å². The average molecular weight is 227 g/mol. The Kier molecular flexibility index (Phi) is 5.77. The third kappa shape index (κ3) is 4.49. The lowest BCUT2D eigenvalue weighted by atomic mass is 10.2. The lowest BCUT2D eigenvalue weighted by Gasteiger charge is -2.33. The van der Waals surface area contributed by atoms with Gasteiger partial charge < -0.3 is 10.6 Å². The van der Waals surface area contributed by atoms with Crippen LogP contribution in [-0.4, -0.2) is 49.1 Å². The summed E-state index contributed by atoms with van der Waals surface area (Å²) in [5.41, 5.74) is 0. The number of carbonyl (C=O) groups is 1. The van der Waals surface area contributed by atoms with E-state index in [4.69, 9.17) is 0 Å². The summed E-state index contributed by atoms with van der Waals surface area (Å²) in [4.78, 5) is 14.0. The Balaban J connectivity index is 2.27. The van der Waals surface area contributed by atoms with Crippen LogP contribution in [0.4, 0.5) is 0 Å². The van der Waals surface area contributed by atoms with Crippen molar-refractivity contribution < 1.29 is 4.79 Å². The summed E-state index contributed by atoms with van der Waals surface area (Å²) in [5.74, 6) is 0.162. The van der Waals surface area contributed by atoms with Crippen LogP contribution in [0.2, 0.25) is 0 Å². The molecule has 0 spiro atoms. The lowest BCUT2D eigenvalue weighted by molar-refractivity contribution is -0.123. The minimum atomic E-state index is 0.162. The second kappa shape index (κ2) is 6.86. The summed E-state index contributed by atoms with van der Waals surface area (Å²) in [5, 5.41) is 6.37. The van der Waals surface area contributed by atoms with E-state index >= 15 is 0 Å². The van der Waals surface area contributed by atoms with Crippen molar-refractivity contribution in [1.29, 1.82) is 0 Å². The molecule has 0 aromatic rings. The van der Waals surface area contributed by atoms with Gasteiger partial charge in [0, 0.05) is 31.7 Å². The summed E-state index contributed by atoms with van der Waals surface area (Å²) in [6.45, 7) is 9.85. The zero-order valence-electron chi connectivity index (χ0n) is 10.8. The summed E-state index contributed by atoms with van der Waals surface area (Å²) in [7, 11) is 0. The number of nitrogens with one attached hydrogen (secondary N) is 2. The van der Waals surface area contributed by atoms with E-state index in [-0.39, 0.29) is 5.91 Å². The highest BCUT2D eigenvalue weighted by Gasteiger charge is 2.20. The number of nitrogens with zero attached hydrogens (tertiary/aromatic N) is 1. The van der Waals surface area contributed by atoms with Gasteiger partial charge in [0.05, 0.1) is 6.54 Å². The minimum Gasteiger partial charge on any atom is -0.353 e. The molecule has 1 saturated heterocycles. The van der Waals surface area contributed by atoms with E-state index in [0.717, 1.165) is 32.5 Å². The maximum atomic E-state index is 11.8. The second-order valence-electron chi connectivity index (χ2n) is 4.78. The fourth-order valence-electron chi connectivity index (χ4n) is 2.13. The molecule has 0 aromatic carbocycles. The van der Waals surface area contributed by atoms with Gasteiger partial charge in [-0.1, -0.05) is 13.3 Å². The van der Waals surface area contributed by atoms with Crippen molar-refractivity contribution in [1.82, 2.24) is 15.5 Å². The maximum Gasteiger partial charge on any atom is 0.234 e. The number of hydrogen-bond donors (Lipinski definition) is 2. The van der Waals surface area contributed by atoms with E-state index in [9.17, 15) is 4.79 Å². The molecular formula is C12H25N3O. The Bertz CT molecular complexity index is 220.